The Labute approximate surface area is 126 Å². The lowest BCUT2D eigenvalue weighted by Crippen LogP contribution is -2.37. The molecule has 110 valence electrons. The molecule has 0 aliphatic carbocycles. The van der Waals surface area contributed by atoms with E-state index in [2.05, 4.69) is 29.7 Å². The Kier molecular flexibility index (Phi) is 4.18. The van der Waals surface area contributed by atoms with E-state index in [1.165, 1.54) is 43.5 Å². The van der Waals surface area contributed by atoms with E-state index in [1.54, 1.807) is 0 Å². The molecule has 2 saturated heterocycles. The van der Waals surface area contributed by atoms with Crippen LogP contribution in [0.2, 0.25) is 0 Å². The van der Waals surface area contributed by atoms with Crippen LogP contribution in [0.3, 0.4) is 0 Å². The first-order valence-electron chi connectivity index (χ1n) is 7.71. The fourth-order valence-electron chi connectivity index (χ4n) is 3.67. The number of anilines is 1. The van der Waals surface area contributed by atoms with Gasteiger partial charge in [-0.25, -0.2) is 4.98 Å². The Bertz CT molecular complexity index is 489. The zero-order valence-electron chi connectivity index (χ0n) is 12.5. The van der Waals surface area contributed by atoms with Gasteiger partial charge in [0.2, 0.25) is 0 Å². The molecule has 0 amide bonds. The number of aryl methyl sites for hydroxylation is 2. The third-order valence-corrected chi connectivity index (χ3v) is 4.96. The topological polar surface area (TPSA) is 19.4 Å². The normalized spacial score (nSPS) is 23.8. The van der Waals surface area contributed by atoms with Crippen molar-refractivity contribution < 1.29 is 0 Å². The van der Waals surface area contributed by atoms with Crippen molar-refractivity contribution in [3.05, 3.63) is 22.9 Å². The summed E-state index contributed by atoms with van der Waals surface area (Å²) in [5.74, 6) is 1.69. The molecule has 3 nitrogen and oxygen atoms in total. The summed E-state index contributed by atoms with van der Waals surface area (Å²) in [5.41, 5.74) is 3.58. The number of hydrogen-bond donors (Lipinski definition) is 0. The van der Waals surface area contributed by atoms with Gasteiger partial charge < -0.3 is 4.90 Å². The second kappa shape index (κ2) is 5.90. The quantitative estimate of drug-likeness (QED) is 0.781. The average Bonchev–Trinajstić information content (AvgIpc) is 2.75. The standard InChI is InChI=1S/C16H24ClN3/c1-12-9-13(2)18-16(15(12)10-17)20-8-4-7-19-6-3-5-14(19)11-20/h9,14H,3-8,10-11H2,1-2H3. The van der Waals surface area contributed by atoms with Crippen LogP contribution in [0.4, 0.5) is 5.82 Å². The summed E-state index contributed by atoms with van der Waals surface area (Å²) in [7, 11) is 0. The van der Waals surface area contributed by atoms with Crippen LogP contribution in [-0.2, 0) is 5.88 Å². The van der Waals surface area contributed by atoms with Crippen molar-refractivity contribution in [1.82, 2.24) is 9.88 Å². The molecule has 2 fully saturated rings. The van der Waals surface area contributed by atoms with Crippen LogP contribution in [0.5, 0.6) is 0 Å². The maximum absolute atomic E-state index is 6.18. The van der Waals surface area contributed by atoms with Crippen LogP contribution in [0, 0.1) is 13.8 Å². The van der Waals surface area contributed by atoms with Crippen molar-refractivity contribution in [3.63, 3.8) is 0 Å². The van der Waals surface area contributed by atoms with Crippen LogP contribution >= 0.6 is 11.6 Å². The van der Waals surface area contributed by atoms with Gasteiger partial charge in [0.1, 0.15) is 5.82 Å². The van der Waals surface area contributed by atoms with Crippen molar-refractivity contribution in [2.75, 3.05) is 31.1 Å². The van der Waals surface area contributed by atoms with Crippen LogP contribution in [0.1, 0.15) is 36.1 Å². The number of aromatic nitrogens is 1. The maximum Gasteiger partial charge on any atom is 0.133 e. The number of alkyl halides is 1. The summed E-state index contributed by atoms with van der Waals surface area (Å²) < 4.78 is 0. The molecule has 20 heavy (non-hydrogen) atoms. The van der Waals surface area contributed by atoms with Crippen LogP contribution in [-0.4, -0.2) is 42.1 Å². The van der Waals surface area contributed by atoms with Gasteiger partial charge in [0, 0.05) is 36.9 Å². The summed E-state index contributed by atoms with van der Waals surface area (Å²) >= 11 is 6.18. The fourth-order valence-corrected chi connectivity index (χ4v) is 4.00. The molecule has 1 aromatic rings. The zero-order valence-corrected chi connectivity index (χ0v) is 13.3. The maximum atomic E-state index is 6.18. The van der Waals surface area contributed by atoms with Crippen molar-refractivity contribution in [1.29, 1.82) is 0 Å². The lowest BCUT2D eigenvalue weighted by atomic mass is 10.1. The highest BCUT2D eigenvalue weighted by Gasteiger charge is 2.30. The number of rotatable bonds is 2. The van der Waals surface area contributed by atoms with Crippen LogP contribution < -0.4 is 4.90 Å². The van der Waals surface area contributed by atoms with Gasteiger partial charge in [-0.3, -0.25) is 4.90 Å². The highest BCUT2D eigenvalue weighted by Crippen LogP contribution is 2.28. The molecule has 2 aliphatic heterocycles. The number of halogens is 1. The van der Waals surface area contributed by atoms with Gasteiger partial charge in [-0.05, 0) is 51.3 Å². The zero-order chi connectivity index (χ0) is 14.1. The molecule has 1 atom stereocenters. The Morgan fingerprint density at radius 2 is 2.05 bits per heavy atom. The molecule has 1 unspecified atom stereocenters. The average molecular weight is 294 g/mol. The first kappa shape index (κ1) is 14.2. The predicted molar refractivity (Wildman–Crippen MR) is 84.7 cm³/mol. The van der Waals surface area contributed by atoms with E-state index in [1.807, 2.05) is 0 Å². The molecule has 0 saturated carbocycles. The van der Waals surface area contributed by atoms with Crippen molar-refractivity contribution in [2.45, 2.75) is 45.0 Å². The monoisotopic (exact) mass is 293 g/mol. The van der Waals surface area contributed by atoms with E-state index in [4.69, 9.17) is 16.6 Å². The van der Waals surface area contributed by atoms with Gasteiger partial charge in [0.25, 0.3) is 0 Å². The SMILES string of the molecule is Cc1cc(C)c(CCl)c(N2CCCN3CCCC3C2)n1. The molecule has 3 rings (SSSR count). The van der Waals surface area contributed by atoms with E-state index in [-0.39, 0.29) is 0 Å². The van der Waals surface area contributed by atoms with Gasteiger partial charge in [0.15, 0.2) is 0 Å². The Morgan fingerprint density at radius 3 is 2.85 bits per heavy atom. The minimum atomic E-state index is 0.555. The van der Waals surface area contributed by atoms with Crippen molar-refractivity contribution >= 4 is 17.4 Å². The number of fused-ring (bicyclic) bond motifs is 1. The van der Waals surface area contributed by atoms with Gasteiger partial charge in [-0.1, -0.05) is 0 Å². The van der Waals surface area contributed by atoms with Crippen LogP contribution in [0.25, 0.3) is 0 Å². The van der Waals surface area contributed by atoms with Crippen molar-refractivity contribution in [3.8, 4) is 0 Å². The predicted octanol–water partition coefficient (Wildman–Crippen LogP) is 3.11. The molecule has 4 heteroatoms. The second-order valence-corrected chi connectivity index (χ2v) is 6.42. The van der Waals surface area contributed by atoms with E-state index < -0.39 is 0 Å². The molecule has 0 N–H and O–H groups in total. The highest BCUT2D eigenvalue weighted by molar-refractivity contribution is 6.17. The van der Waals surface area contributed by atoms with Gasteiger partial charge in [-0.2, -0.15) is 0 Å². The molecule has 3 heterocycles. The first-order valence-corrected chi connectivity index (χ1v) is 8.24. The van der Waals surface area contributed by atoms with Crippen molar-refractivity contribution in [2.24, 2.45) is 0 Å². The molecule has 0 aromatic carbocycles. The minimum absolute atomic E-state index is 0.555. The smallest absolute Gasteiger partial charge is 0.133 e. The van der Waals surface area contributed by atoms with E-state index in [0.717, 1.165) is 24.6 Å². The number of pyridine rings is 1. The van der Waals surface area contributed by atoms with Gasteiger partial charge in [-0.15, -0.1) is 11.6 Å². The van der Waals surface area contributed by atoms with E-state index >= 15 is 0 Å². The molecule has 0 radical (unpaired) electrons. The molecular formula is C16H24ClN3. The summed E-state index contributed by atoms with van der Waals surface area (Å²) in [6, 6.07) is 2.85. The van der Waals surface area contributed by atoms with Gasteiger partial charge >= 0.3 is 0 Å². The summed E-state index contributed by atoms with van der Waals surface area (Å²) in [6.45, 7) is 8.96. The Morgan fingerprint density at radius 1 is 1.25 bits per heavy atom. The molecule has 0 bridgehead atoms. The minimum Gasteiger partial charge on any atom is -0.355 e. The molecular weight excluding hydrogens is 270 g/mol. The Hall–Kier alpha value is -0.800. The summed E-state index contributed by atoms with van der Waals surface area (Å²) in [6.07, 6.45) is 3.91. The summed E-state index contributed by atoms with van der Waals surface area (Å²) in [5, 5.41) is 0. The van der Waals surface area contributed by atoms with E-state index in [0.29, 0.717) is 11.9 Å². The molecule has 1 aromatic heterocycles. The fraction of sp³-hybridized carbons (Fsp3) is 0.688. The Balaban J connectivity index is 1.91. The third-order valence-electron chi connectivity index (χ3n) is 4.69. The molecule has 0 spiro atoms. The number of nitrogens with zero attached hydrogens (tertiary/aromatic N) is 3. The van der Waals surface area contributed by atoms with Gasteiger partial charge in [0.05, 0.1) is 5.88 Å². The second-order valence-electron chi connectivity index (χ2n) is 6.15. The first-order chi connectivity index (χ1) is 9.69. The lowest BCUT2D eigenvalue weighted by molar-refractivity contribution is 0.273. The molecule has 2 aliphatic rings. The lowest BCUT2D eigenvalue weighted by Gasteiger charge is -2.28. The summed E-state index contributed by atoms with van der Waals surface area (Å²) in [4.78, 5) is 9.94. The third kappa shape index (κ3) is 2.66. The highest BCUT2D eigenvalue weighted by atomic mass is 35.5. The van der Waals surface area contributed by atoms with Crippen LogP contribution in [0.15, 0.2) is 6.07 Å². The van der Waals surface area contributed by atoms with E-state index in [9.17, 15) is 0 Å². The largest absolute Gasteiger partial charge is 0.355 e. The number of hydrogen-bond acceptors (Lipinski definition) is 3.